The van der Waals surface area contributed by atoms with Gasteiger partial charge in [0.2, 0.25) is 0 Å². The van der Waals surface area contributed by atoms with Crippen LogP contribution in [0.15, 0.2) is 0 Å². The summed E-state index contributed by atoms with van der Waals surface area (Å²) in [5, 5.41) is 19.6. The molecule has 2 N–H and O–H groups in total. The summed E-state index contributed by atoms with van der Waals surface area (Å²) >= 11 is 0. The maximum absolute atomic E-state index is 10.2. The van der Waals surface area contributed by atoms with Gasteiger partial charge in [-0.2, -0.15) is 0 Å². The summed E-state index contributed by atoms with van der Waals surface area (Å²) in [4.78, 5) is 0. The molecule has 0 aliphatic heterocycles. The number of aliphatic hydroxyl groups excluding tert-OH is 2. The van der Waals surface area contributed by atoms with Crippen molar-refractivity contribution < 1.29 is 10.2 Å². The first-order chi connectivity index (χ1) is 7.31. The molecule has 4 aliphatic carbocycles. The molecule has 0 aromatic heterocycles. The van der Waals surface area contributed by atoms with Gasteiger partial charge in [0.1, 0.15) is 0 Å². The minimum Gasteiger partial charge on any atom is -0.396 e. The molecule has 4 saturated carbocycles. The van der Waals surface area contributed by atoms with Crippen molar-refractivity contribution >= 4 is 0 Å². The summed E-state index contributed by atoms with van der Waals surface area (Å²) in [6, 6.07) is 0. The van der Waals surface area contributed by atoms with Crippen LogP contribution in [0.3, 0.4) is 0 Å². The average Bonchev–Trinajstić information content (AvgIpc) is 2.94. The highest BCUT2D eigenvalue weighted by molar-refractivity contribution is 5.13. The summed E-state index contributed by atoms with van der Waals surface area (Å²) in [7, 11) is 0. The molecule has 4 rings (SSSR count). The monoisotopic (exact) mass is 208 g/mol. The fraction of sp³-hybridized carbons (Fsp3) is 1.00. The zero-order chi connectivity index (χ0) is 10.2. The maximum atomic E-state index is 10.2. The Morgan fingerprint density at radius 2 is 1.60 bits per heavy atom. The van der Waals surface area contributed by atoms with Crippen molar-refractivity contribution in [2.24, 2.45) is 41.4 Å². The van der Waals surface area contributed by atoms with Crippen LogP contribution >= 0.6 is 0 Å². The van der Waals surface area contributed by atoms with Crippen molar-refractivity contribution in [2.75, 3.05) is 6.61 Å². The third-order valence-corrected chi connectivity index (χ3v) is 6.22. The molecule has 0 saturated heterocycles. The Hall–Kier alpha value is -0.0800. The van der Waals surface area contributed by atoms with Crippen molar-refractivity contribution in [3.05, 3.63) is 0 Å². The van der Waals surface area contributed by atoms with Crippen molar-refractivity contribution in [2.45, 2.75) is 31.8 Å². The molecule has 15 heavy (non-hydrogen) atoms. The topological polar surface area (TPSA) is 40.5 Å². The fourth-order valence-corrected chi connectivity index (χ4v) is 5.92. The summed E-state index contributed by atoms with van der Waals surface area (Å²) < 4.78 is 0. The van der Waals surface area contributed by atoms with E-state index in [2.05, 4.69) is 0 Å². The normalized spacial score (nSPS) is 65.2. The number of fused-ring (bicyclic) bond motifs is 9. The Labute approximate surface area is 90.7 Å². The first-order valence-corrected chi connectivity index (χ1v) is 6.60. The highest BCUT2D eigenvalue weighted by Crippen LogP contribution is 2.68. The molecule has 0 heterocycles. The van der Waals surface area contributed by atoms with E-state index in [1.54, 1.807) is 0 Å². The predicted molar refractivity (Wildman–Crippen MR) is 56.0 cm³/mol. The Morgan fingerprint density at radius 3 is 2.27 bits per heavy atom. The quantitative estimate of drug-likeness (QED) is 0.637. The lowest BCUT2D eigenvalue weighted by molar-refractivity contribution is -0.0355. The standard InChI is InChI=1S/C13H20O2/c14-5-10-8-4-9(13(10)15)12-7-2-1-6(3-7)11(8)12/h6-15H,1-5H2. The minimum absolute atomic E-state index is 0.180. The Bertz CT molecular complexity index is 290. The van der Waals surface area contributed by atoms with Crippen LogP contribution in [0.4, 0.5) is 0 Å². The molecule has 0 aromatic carbocycles. The van der Waals surface area contributed by atoms with Crippen LogP contribution in [0, 0.1) is 41.4 Å². The van der Waals surface area contributed by atoms with Gasteiger partial charge >= 0.3 is 0 Å². The van der Waals surface area contributed by atoms with E-state index in [0.29, 0.717) is 11.8 Å². The molecular formula is C13H20O2. The smallest absolute Gasteiger partial charge is 0.0624 e. The van der Waals surface area contributed by atoms with E-state index in [1.807, 2.05) is 0 Å². The molecule has 4 bridgehead atoms. The van der Waals surface area contributed by atoms with Crippen LogP contribution in [0.1, 0.15) is 25.7 Å². The van der Waals surface area contributed by atoms with Gasteiger partial charge in [0.15, 0.2) is 0 Å². The second-order valence-electron chi connectivity index (χ2n) is 6.39. The van der Waals surface area contributed by atoms with E-state index < -0.39 is 0 Å². The van der Waals surface area contributed by atoms with Gasteiger partial charge in [-0.3, -0.25) is 0 Å². The van der Waals surface area contributed by atoms with Gasteiger partial charge in [0, 0.05) is 12.5 Å². The molecular weight excluding hydrogens is 188 g/mol. The predicted octanol–water partition coefficient (Wildman–Crippen LogP) is 1.27. The summed E-state index contributed by atoms with van der Waals surface area (Å²) in [6.45, 7) is 0.211. The third kappa shape index (κ3) is 0.898. The second-order valence-corrected chi connectivity index (χ2v) is 6.39. The average molecular weight is 208 g/mol. The molecule has 2 heteroatoms. The van der Waals surface area contributed by atoms with E-state index in [4.69, 9.17) is 0 Å². The SMILES string of the molecule is OCC1C(O)C2CC1C1C3CCC(C3)C21. The van der Waals surface area contributed by atoms with Gasteiger partial charge in [0.05, 0.1) is 6.10 Å². The maximum Gasteiger partial charge on any atom is 0.0624 e. The van der Waals surface area contributed by atoms with Crippen molar-refractivity contribution in [3.63, 3.8) is 0 Å². The molecule has 4 fully saturated rings. The number of hydrogen-bond donors (Lipinski definition) is 2. The summed E-state index contributed by atoms with van der Waals surface area (Å²) in [6.07, 6.45) is 5.33. The lowest BCUT2D eigenvalue weighted by Crippen LogP contribution is -2.42. The van der Waals surface area contributed by atoms with E-state index in [9.17, 15) is 10.2 Å². The zero-order valence-corrected chi connectivity index (χ0v) is 9.05. The highest BCUT2D eigenvalue weighted by atomic mass is 16.3. The second kappa shape index (κ2) is 2.78. The van der Waals surface area contributed by atoms with E-state index in [0.717, 1.165) is 23.7 Å². The third-order valence-electron chi connectivity index (χ3n) is 6.22. The zero-order valence-electron chi connectivity index (χ0n) is 9.05. The molecule has 8 unspecified atom stereocenters. The Morgan fingerprint density at radius 1 is 0.933 bits per heavy atom. The molecule has 4 aliphatic rings. The molecule has 2 nitrogen and oxygen atoms in total. The Balaban J connectivity index is 1.70. The van der Waals surface area contributed by atoms with E-state index in [-0.39, 0.29) is 18.6 Å². The van der Waals surface area contributed by atoms with Crippen LogP contribution in [0.2, 0.25) is 0 Å². The van der Waals surface area contributed by atoms with Crippen molar-refractivity contribution in [1.82, 2.24) is 0 Å². The summed E-state index contributed by atoms with van der Waals surface area (Å²) in [5.74, 6) is 5.04. The van der Waals surface area contributed by atoms with Gasteiger partial charge in [-0.15, -0.1) is 0 Å². The van der Waals surface area contributed by atoms with Gasteiger partial charge in [-0.1, -0.05) is 0 Å². The number of aliphatic hydroxyl groups is 2. The molecule has 84 valence electrons. The first kappa shape index (κ1) is 9.00. The molecule has 0 radical (unpaired) electrons. The number of rotatable bonds is 1. The van der Waals surface area contributed by atoms with Crippen LogP contribution in [-0.2, 0) is 0 Å². The van der Waals surface area contributed by atoms with Gasteiger partial charge < -0.3 is 10.2 Å². The lowest BCUT2D eigenvalue weighted by Gasteiger charge is -2.40. The van der Waals surface area contributed by atoms with Crippen LogP contribution in [0.25, 0.3) is 0 Å². The summed E-state index contributed by atoms with van der Waals surface area (Å²) in [5.41, 5.74) is 0. The van der Waals surface area contributed by atoms with Crippen LogP contribution < -0.4 is 0 Å². The first-order valence-electron chi connectivity index (χ1n) is 6.60. The van der Waals surface area contributed by atoms with Gasteiger partial charge in [0.25, 0.3) is 0 Å². The van der Waals surface area contributed by atoms with Gasteiger partial charge in [-0.05, 0) is 61.2 Å². The van der Waals surface area contributed by atoms with Gasteiger partial charge in [-0.25, -0.2) is 0 Å². The van der Waals surface area contributed by atoms with E-state index in [1.165, 1.54) is 25.7 Å². The molecule has 0 aromatic rings. The van der Waals surface area contributed by atoms with Crippen molar-refractivity contribution in [3.8, 4) is 0 Å². The number of hydrogen-bond acceptors (Lipinski definition) is 2. The fourth-order valence-electron chi connectivity index (χ4n) is 5.92. The molecule has 0 amide bonds. The Kier molecular flexibility index (Phi) is 1.67. The minimum atomic E-state index is -0.180. The van der Waals surface area contributed by atoms with E-state index >= 15 is 0 Å². The highest BCUT2D eigenvalue weighted by Gasteiger charge is 2.65. The van der Waals surface area contributed by atoms with Crippen molar-refractivity contribution in [1.29, 1.82) is 0 Å². The molecule has 0 spiro atoms. The van der Waals surface area contributed by atoms with Crippen LogP contribution in [-0.4, -0.2) is 22.9 Å². The lowest BCUT2D eigenvalue weighted by atomic mass is 9.66. The largest absolute Gasteiger partial charge is 0.396 e. The van der Waals surface area contributed by atoms with Crippen LogP contribution in [0.5, 0.6) is 0 Å². The molecule has 8 atom stereocenters.